The van der Waals surface area contributed by atoms with E-state index in [1.54, 1.807) is 7.11 Å². The van der Waals surface area contributed by atoms with Crippen LogP contribution in [0.5, 0.6) is 0 Å². The molecule has 0 aromatic heterocycles. The van der Waals surface area contributed by atoms with E-state index < -0.39 is 24.0 Å². The van der Waals surface area contributed by atoms with Crippen LogP contribution in [-0.2, 0) is 14.3 Å². The van der Waals surface area contributed by atoms with E-state index in [9.17, 15) is 9.59 Å². The van der Waals surface area contributed by atoms with E-state index in [1.165, 1.54) is 6.92 Å². The molecule has 0 aromatic rings. The van der Waals surface area contributed by atoms with Crippen LogP contribution < -0.4 is 11.1 Å². The summed E-state index contributed by atoms with van der Waals surface area (Å²) in [6, 6.07) is -1.59. The number of aliphatic carboxylic acids is 1. The summed E-state index contributed by atoms with van der Waals surface area (Å²) in [6.45, 7) is 1.93. The number of ether oxygens (including phenoxy) is 1. The number of hydrogen-bond acceptors (Lipinski definition) is 4. The lowest BCUT2D eigenvalue weighted by Gasteiger charge is -2.14. The highest BCUT2D eigenvalue weighted by atomic mass is 16.5. The van der Waals surface area contributed by atoms with Gasteiger partial charge in [-0.25, -0.2) is 0 Å². The van der Waals surface area contributed by atoms with Crippen LogP contribution in [0.3, 0.4) is 0 Å². The molecule has 0 bridgehead atoms. The zero-order valence-electron chi connectivity index (χ0n) is 9.03. The summed E-state index contributed by atoms with van der Waals surface area (Å²) in [5, 5.41) is 10.9. The number of carbonyl (C=O) groups is 2. The first-order chi connectivity index (χ1) is 6.99. The monoisotopic (exact) mass is 218 g/mol. The van der Waals surface area contributed by atoms with Crippen LogP contribution in [0.25, 0.3) is 0 Å². The van der Waals surface area contributed by atoms with E-state index in [2.05, 4.69) is 5.32 Å². The number of carboxylic acid groups (broad SMARTS) is 1. The first-order valence-electron chi connectivity index (χ1n) is 4.76. The molecule has 15 heavy (non-hydrogen) atoms. The Morgan fingerprint density at radius 3 is 2.60 bits per heavy atom. The van der Waals surface area contributed by atoms with E-state index in [1.807, 2.05) is 0 Å². The molecular weight excluding hydrogens is 200 g/mol. The van der Waals surface area contributed by atoms with Crippen molar-refractivity contribution in [1.29, 1.82) is 0 Å². The maximum atomic E-state index is 11.3. The molecule has 0 spiro atoms. The van der Waals surface area contributed by atoms with Crippen molar-refractivity contribution in [3.8, 4) is 0 Å². The zero-order chi connectivity index (χ0) is 11.8. The van der Waals surface area contributed by atoms with Crippen molar-refractivity contribution in [2.24, 2.45) is 5.73 Å². The Kier molecular flexibility index (Phi) is 6.64. The molecule has 0 fully saturated rings. The van der Waals surface area contributed by atoms with Crippen molar-refractivity contribution >= 4 is 11.9 Å². The third-order valence-corrected chi connectivity index (χ3v) is 1.93. The SMILES string of the molecule is COCCCC(N)C(=O)N[C@H](C)C(=O)O. The van der Waals surface area contributed by atoms with Gasteiger partial charge in [-0.05, 0) is 19.8 Å². The van der Waals surface area contributed by atoms with Gasteiger partial charge in [0, 0.05) is 13.7 Å². The Hall–Kier alpha value is -1.14. The maximum absolute atomic E-state index is 11.3. The lowest BCUT2D eigenvalue weighted by atomic mass is 10.1. The van der Waals surface area contributed by atoms with Gasteiger partial charge in [0.1, 0.15) is 6.04 Å². The van der Waals surface area contributed by atoms with E-state index in [4.69, 9.17) is 15.6 Å². The molecule has 0 radical (unpaired) electrons. The number of amides is 1. The quantitative estimate of drug-likeness (QED) is 0.492. The summed E-state index contributed by atoms with van der Waals surface area (Å²) in [6.07, 6.45) is 1.15. The fraction of sp³-hybridized carbons (Fsp3) is 0.778. The minimum atomic E-state index is -1.08. The first-order valence-corrected chi connectivity index (χ1v) is 4.76. The van der Waals surface area contributed by atoms with Gasteiger partial charge in [0.2, 0.25) is 5.91 Å². The Bertz CT molecular complexity index is 220. The molecule has 4 N–H and O–H groups in total. The highest BCUT2D eigenvalue weighted by molar-refractivity contribution is 5.86. The maximum Gasteiger partial charge on any atom is 0.325 e. The smallest absolute Gasteiger partial charge is 0.325 e. The van der Waals surface area contributed by atoms with Gasteiger partial charge in [-0.1, -0.05) is 0 Å². The molecule has 1 amide bonds. The third kappa shape index (κ3) is 6.03. The van der Waals surface area contributed by atoms with Crippen LogP contribution in [0.4, 0.5) is 0 Å². The minimum absolute atomic E-state index is 0.444. The summed E-state index contributed by atoms with van der Waals surface area (Å²) < 4.78 is 4.81. The van der Waals surface area contributed by atoms with Crippen molar-refractivity contribution in [2.75, 3.05) is 13.7 Å². The number of methoxy groups -OCH3 is 1. The molecule has 0 aliphatic carbocycles. The first kappa shape index (κ1) is 13.9. The summed E-state index contributed by atoms with van der Waals surface area (Å²) in [5.74, 6) is -1.52. The number of hydrogen-bond donors (Lipinski definition) is 3. The Labute approximate surface area is 88.8 Å². The third-order valence-electron chi connectivity index (χ3n) is 1.93. The second-order valence-corrected chi connectivity index (χ2v) is 3.31. The molecule has 0 aromatic carbocycles. The number of rotatable bonds is 7. The van der Waals surface area contributed by atoms with Gasteiger partial charge in [0.05, 0.1) is 6.04 Å². The van der Waals surface area contributed by atoms with Crippen LogP contribution in [0, 0.1) is 0 Å². The predicted octanol–water partition coefficient (Wildman–Crippen LogP) is -0.670. The highest BCUT2D eigenvalue weighted by Crippen LogP contribution is 1.95. The Morgan fingerprint density at radius 2 is 2.13 bits per heavy atom. The summed E-state index contributed by atoms with van der Waals surface area (Å²) in [4.78, 5) is 21.8. The fourth-order valence-electron chi connectivity index (χ4n) is 0.961. The van der Waals surface area contributed by atoms with Crippen molar-refractivity contribution in [2.45, 2.75) is 31.8 Å². The molecular formula is C9H18N2O4. The van der Waals surface area contributed by atoms with Gasteiger partial charge < -0.3 is 20.9 Å². The van der Waals surface area contributed by atoms with Crippen LogP contribution in [0.2, 0.25) is 0 Å². The van der Waals surface area contributed by atoms with Crippen molar-refractivity contribution in [3.63, 3.8) is 0 Å². The van der Waals surface area contributed by atoms with Crippen LogP contribution >= 0.6 is 0 Å². The summed E-state index contributed by atoms with van der Waals surface area (Å²) in [7, 11) is 1.57. The van der Waals surface area contributed by atoms with Gasteiger partial charge >= 0.3 is 5.97 Å². The summed E-state index contributed by atoms with van der Waals surface area (Å²) >= 11 is 0. The average molecular weight is 218 g/mol. The van der Waals surface area contributed by atoms with Crippen LogP contribution in [-0.4, -0.2) is 42.8 Å². The standard InChI is InChI=1S/C9H18N2O4/c1-6(9(13)14)11-8(12)7(10)4-3-5-15-2/h6-7H,3-5,10H2,1-2H3,(H,11,12)(H,13,14)/t6-,7?/m1/s1. The fourth-order valence-corrected chi connectivity index (χ4v) is 0.961. The van der Waals surface area contributed by atoms with Crippen LogP contribution in [0.15, 0.2) is 0 Å². The van der Waals surface area contributed by atoms with Crippen LogP contribution in [0.1, 0.15) is 19.8 Å². The zero-order valence-corrected chi connectivity index (χ0v) is 9.03. The topological polar surface area (TPSA) is 102 Å². The predicted molar refractivity (Wildman–Crippen MR) is 54.3 cm³/mol. The summed E-state index contributed by atoms with van der Waals surface area (Å²) in [5.41, 5.74) is 5.55. The highest BCUT2D eigenvalue weighted by Gasteiger charge is 2.18. The van der Waals surface area contributed by atoms with Gasteiger partial charge in [-0.3, -0.25) is 9.59 Å². The van der Waals surface area contributed by atoms with E-state index in [0.29, 0.717) is 19.4 Å². The largest absolute Gasteiger partial charge is 0.480 e. The van der Waals surface area contributed by atoms with Gasteiger partial charge in [-0.15, -0.1) is 0 Å². The molecule has 6 heteroatoms. The lowest BCUT2D eigenvalue weighted by Crippen LogP contribution is -2.47. The van der Waals surface area contributed by atoms with E-state index in [0.717, 1.165) is 0 Å². The molecule has 6 nitrogen and oxygen atoms in total. The molecule has 0 saturated carbocycles. The van der Waals surface area contributed by atoms with Gasteiger partial charge in [-0.2, -0.15) is 0 Å². The normalized spacial score (nSPS) is 14.3. The van der Waals surface area contributed by atoms with Crippen molar-refractivity contribution in [1.82, 2.24) is 5.32 Å². The number of carboxylic acids is 1. The Balaban J connectivity index is 3.83. The van der Waals surface area contributed by atoms with E-state index >= 15 is 0 Å². The van der Waals surface area contributed by atoms with Crippen molar-refractivity contribution < 1.29 is 19.4 Å². The number of carbonyl (C=O) groups excluding carboxylic acids is 1. The molecule has 1 unspecified atom stereocenters. The second-order valence-electron chi connectivity index (χ2n) is 3.31. The molecule has 0 aliphatic heterocycles. The molecule has 88 valence electrons. The number of nitrogens with one attached hydrogen (secondary N) is 1. The van der Waals surface area contributed by atoms with Crippen molar-refractivity contribution in [3.05, 3.63) is 0 Å². The van der Waals surface area contributed by atoms with Gasteiger partial charge in [0.15, 0.2) is 0 Å². The second kappa shape index (κ2) is 7.19. The average Bonchev–Trinajstić information content (AvgIpc) is 2.17. The lowest BCUT2D eigenvalue weighted by molar-refractivity contribution is -0.141. The molecule has 0 aliphatic rings. The Morgan fingerprint density at radius 1 is 1.53 bits per heavy atom. The number of nitrogens with two attached hydrogens (primary N) is 1. The molecule has 0 saturated heterocycles. The van der Waals surface area contributed by atoms with E-state index in [-0.39, 0.29) is 0 Å². The minimum Gasteiger partial charge on any atom is -0.480 e. The van der Waals surface area contributed by atoms with Gasteiger partial charge in [0.25, 0.3) is 0 Å². The molecule has 2 atom stereocenters. The molecule has 0 rings (SSSR count). The molecule has 0 heterocycles.